The van der Waals surface area contributed by atoms with Crippen LogP contribution in [0.4, 0.5) is 0 Å². The molecule has 6 aromatic heterocycles. The van der Waals surface area contributed by atoms with E-state index in [0.29, 0.717) is 13.1 Å². The van der Waals surface area contributed by atoms with Crippen LogP contribution >= 0.6 is 0 Å². The molecule has 0 spiro atoms. The fourth-order valence-electron chi connectivity index (χ4n) is 5.66. The van der Waals surface area contributed by atoms with E-state index >= 15 is 0 Å². The maximum Gasteiger partial charge on any atom is 0.0890 e. The highest BCUT2D eigenvalue weighted by atomic mass is 15.2. The van der Waals surface area contributed by atoms with Crippen molar-refractivity contribution in [1.29, 1.82) is 0 Å². The molecule has 0 bridgehead atoms. The molecule has 0 aliphatic heterocycles. The van der Waals surface area contributed by atoms with Gasteiger partial charge in [-0.25, -0.2) is 9.97 Å². The van der Waals surface area contributed by atoms with Crippen LogP contribution in [0.25, 0.3) is 11.4 Å². The Labute approximate surface area is 294 Å². The lowest BCUT2D eigenvalue weighted by Gasteiger charge is -2.22. The van der Waals surface area contributed by atoms with Gasteiger partial charge < -0.3 is 10.6 Å². The number of hydrogen-bond acceptors (Lipinski definition) is 10. The van der Waals surface area contributed by atoms with Crippen LogP contribution < -0.4 is 10.6 Å². The number of pyridine rings is 6. The van der Waals surface area contributed by atoms with Crippen molar-refractivity contribution in [3.63, 3.8) is 0 Å². The van der Waals surface area contributed by atoms with Gasteiger partial charge in [-0.05, 0) is 72.8 Å². The maximum absolute atomic E-state index is 4.94. The molecule has 10 heteroatoms. The number of nitrogens with one attached hydrogen (secondary N) is 2. The molecule has 0 saturated carbocycles. The summed E-state index contributed by atoms with van der Waals surface area (Å²) in [6.07, 6.45) is 7.38. The van der Waals surface area contributed by atoms with Gasteiger partial charge in [-0.3, -0.25) is 29.7 Å². The van der Waals surface area contributed by atoms with Gasteiger partial charge in [-0.2, -0.15) is 0 Å². The van der Waals surface area contributed by atoms with Crippen molar-refractivity contribution >= 4 is 0 Å². The summed E-state index contributed by atoms with van der Waals surface area (Å²) in [5.74, 6) is 0. The highest BCUT2D eigenvalue weighted by molar-refractivity contribution is 5.54. The molecule has 0 aromatic carbocycles. The maximum atomic E-state index is 4.94. The fraction of sp³-hybridized carbons (Fsp3) is 0.250. The monoisotopic (exact) mass is 664 g/mol. The van der Waals surface area contributed by atoms with Crippen LogP contribution in [-0.4, -0.2) is 65.9 Å². The van der Waals surface area contributed by atoms with Crippen molar-refractivity contribution in [2.45, 2.75) is 39.3 Å². The molecule has 254 valence electrons. The molecule has 0 saturated heterocycles. The third-order valence-electron chi connectivity index (χ3n) is 8.14. The van der Waals surface area contributed by atoms with Gasteiger partial charge in [0.1, 0.15) is 0 Å². The molecular formula is C40H44N10. The van der Waals surface area contributed by atoms with E-state index in [4.69, 9.17) is 9.97 Å². The van der Waals surface area contributed by atoms with E-state index in [-0.39, 0.29) is 0 Å². The van der Waals surface area contributed by atoms with Gasteiger partial charge in [0, 0.05) is 90.2 Å². The van der Waals surface area contributed by atoms with Crippen molar-refractivity contribution in [2.75, 3.05) is 26.2 Å². The molecule has 0 fully saturated rings. The van der Waals surface area contributed by atoms with Gasteiger partial charge in [0.05, 0.1) is 45.6 Å². The molecule has 2 N–H and O–H groups in total. The van der Waals surface area contributed by atoms with Crippen LogP contribution in [0, 0.1) is 0 Å². The quantitative estimate of drug-likeness (QED) is 0.111. The Kier molecular flexibility index (Phi) is 13.2. The molecule has 50 heavy (non-hydrogen) atoms. The largest absolute Gasteiger partial charge is 0.310 e. The summed E-state index contributed by atoms with van der Waals surface area (Å²) in [6.45, 7) is 7.72. The van der Waals surface area contributed by atoms with Gasteiger partial charge in [0.2, 0.25) is 0 Å². The molecule has 6 rings (SSSR count). The highest BCUT2D eigenvalue weighted by Crippen LogP contribution is 2.16. The van der Waals surface area contributed by atoms with Crippen LogP contribution in [0.2, 0.25) is 0 Å². The number of hydrogen-bond donors (Lipinski definition) is 2. The minimum absolute atomic E-state index is 0.670. The van der Waals surface area contributed by atoms with E-state index in [9.17, 15) is 0 Å². The van der Waals surface area contributed by atoms with E-state index in [1.165, 1.54) is 0 Å². The second kappa shape index (κ2) is 19.1. The fourth-order valence-corrected chi connectivity index (χ4v) is 5.66. The van der Waals surface area contributed by atoms with Crippen molar-refractivity contribution in [2.24, 2.45) is 0 Å². The lowest BCUT2D eigenvalue weighted by Crippen LogP contribution is -2.32. The normalized spacial score (nSPS) is 11.3. The van der Waals surface area contributed by atoms with E-state index in [1.54, 1.807) is 0 Å². The van der Waals surface area contributed by atoms with Gasteiger partial charge in [-0.15, -0.1) is 0 Å². The summed E-state index contributed by atoms with van der Waals surface area (Å²) in [7, 11) is 0. The van der Waals surface area contributed by atoms with Crippen LogP contribution in [0.3, 0.4) is 0 Å². The van der Waals surface area contributed by atoms with Crippen molar-refractivity contribution < 1.29 is 0 Å². The highest BCUT2D eigenvalue weighted by Gasteiger charge is 2.11. The smallest absolute Gasteiger partial charge is 0.0890 e. The SMILES string of the molecule is c1ccc(CN(CCNCc2cccc(-c3cccc(CNCCN(Cc4ccccn4)Cc4ccccn4)n3)n2)Cc2ccccn2)nc1. The number of aromatic nitrogens is 6. The average Bonchev–Trinajstić information content (AvgIpc) is 3.17. The third-order valence-corrected chi connectivity index (χ3v) is 8.14. The minimum atomic E-state index is 0.670. The molecule has 0 amide bonds. The first kappa shape index (κ1) is 34.6. The van der Waals surface area contributed by atoms with Gasteiger partial charge in [-0.1, -0.05) is 36.4 Å². The Balaban J connectivity index is 0.988. The standard InChI is InChI=1S/C40H44N10/c1-5-19-43-35(11-1)29-49(30-36-12-2-6-20-44-36)25-23-41-27-33-15-9-17-39(47-33)40-18-10-16-34(48-40)28-42-24-26-50(31-37-13-3-7-21-45-37)32-38-14-4-8-22-46-38/h1-22,41-42H,23-32H2. The minimum Gasteiger partial charge on any atom is -0.310 e. The van der Waals surface area contributed by atoms with E-state index in [0.717, 1.165) is 97.9 Å². The zero-order chi connectivity index (χ0) is 34.1. The molecule has 0 atom stereocenters. The Hall–Kier alpha value is -5.26. The number of rotatable bonds is 19. The van der Waals surface area contributed by atoms with Crippen molar-refractivity contribution in [3.05, 3.63) is 168 Å². The lowest BCUT2D eigenvalue weighted by atomic mass is 10.2. The summed E-state index contributed by atoms with van der Waals surface area (Å²) < 4.78 is 0. The summed E-state index contributed by atoms with van der Waals surface area (Å²) in [4.78, 5) is 32.7. The lowest BCUT2D eigenvalue weighted by molar-refractivity contribution is 0.250. The summed E-state index contributed by atoms with van der Waals surface area (Å²) >= 11 is 0. The summed E-state index contributed by atoms with van der Waals surface area (Å²) in [5.41, 5.74) is 7.89. The average molecular weight is 665 g/mol. The van der Waals surface area contributed by atoms with Crippen LogP contribution in [-0.2, 0) is 39.3 Å². The first-order chi connectivity index (χ1) is 24.8. The number of nitrogens with zero attached hydrogens (tertiary/aromatic N) is 8. The zero-order valence-corrected chi connectivity index (χ0v) is 28.4. The van der Waals surface area contributed by atoms with E-state index in [2.05, 4.69) is 88.9 Å². The van der Waals surface area contributed by atoms with Crippen molar-refractivity contribution in [3.8, 4) is 11.4 Å². The Bertz CT molecular complexity index is 1610. The second-order valence-corrected chi connectivity index (χ2v) is 12.1. The van der Waals surface area contributed by atoms with Gasteiger partial charge in [0.15, 0.2) is 0 Å². The summed E-state index contributed by atoms with van der Waals surface area (Å²) in [5, 5.41) is 7.16. The van der Waals surface area contributed by atoms with Crippen molar-refractivity contribution in [1.82, 2.24) is 50.3 Å². The molecule has 0 aliphatic carbocycles. The molecule has 0 unspecified atom stereocenters. The molecule has 6 aromatic rings. The molecule has 0 aliphatic rings. The third kappa shape index (κ3) is 11.4. The van der Waals surface area contributed by atoms with Crippen LogP contribution in [0.5, 0.6) is 0 Å². The van der Waals surface area contributed by atoms with Crippen LogP contribution in [0.1, 0.15) is 34.2 Å². The summed E-state index contributed by atoms with van der Waals surface area (Å²) in [6, 6.07) is 36.5. The zero-order valence-electron chi connectivity index (χ0n) is 28.4. The van der Waals surface area contributed by atoms with E-state index < -0.39 is 0 Å². The Morgan fingerprint density at radius 3 is 1.04 bits per heavy atom. The Morgan fingerprint density at radius 1 is 0.380 bits per heavy atom. The predicted octanol–water partition coefficient (Wildman–Crippen LogP) is 5.31. The molecular weight excluding hydrogens is 621 g/mol. The van der Waals surface area contributed by atoms with Gasteiger partial charge in [0.25, 0.3) is 0 Å². The first-order valence-electron chi connectivity index (χ1n) is 17.1. The van der Waals surface area contributed by atoms with Gasteiger partial charge >= 0.3 is 0 Å². The molecule has 0 radical (unpaired) electrons. The topological polar surface area (TPSA) is 108 Å². The van der Waals surface area contributed by atoms with E-state index in [1.807, 2.05) is 85.5 Å². The Morgan fingerprint density at radius 2 is 0.720 bits per heavy atom. The first-order valence-corrected chi connectivity index (χ1v) is 17.1. The molecule has 6 heterocycles. The molecule has 10 nitrogen and oxygen atoms in total. The second-order valence-electron chi connectivity index (χ2n) is 12.1. The van der Waals surface area contributed by atoms with Crippen LogP contribution in [0.15, 0.2) is 134 Å². The predicted molar refractivity (Wildman–Crippen MR) is 196 cm³/mol.